The number of hydrogen-bond donors (Lipinski definition) is 0. The Bertz CT molecular complexity index is 336. The quantitative estimate of drug-likeness (QED) is 0.660. The van der Waals surface area contributed by atoms with Gasteiger partial charge >= 0.3 is 0 Å². The lowest BCUT2D eigenvalue weighted by atomic mass is 9.61. The van der Waals surface area contributed by atoms with Gasteiger partial charge in [-0.05, 0) is 66.7 Å². The van der Waals surface area contributed by atoms with Gasteiger partial charge in [-0.25, -0.2) is 0 Å². The third kappa shape index (κ3) is 2.45. The summed E-state index contributed by atoms with van der Waals surface area (Å²) >= 11 is 3.56. The molecule has 1 unspecified atom stereocenters. The number of fused-ring (bicyclic) bond motifs is 1. The number of rotatable bonds is 4. The van der Waals surface area contributed by atoms with Crippen LogP contribution in [0.25, 0.3) is 0 Å². The van der Waals surface area contributed by atoms with E-state index >= 15 is 0 Å². The number of carbonyl (C=O) groups excluding carboxylic acids is 1. The molecule has 2 aliphatic carbocycles. The normalized spacial score (nSPS) is 39.6. The Balaban J connectivity index is 2.13. The van der Waals surface area contributed by atoms with Gasteiger partial charge in [0.25, 0.3) is 0 Å². The van der Waals surface area contributed by atoms with Crippen molar-refractivity contribution in [3.63, 3.8) is 0 Å². The Kier molecular flexibility index (Phi) is 4.69. The van der Waals surface area contributed by atoms with E-state index in [9.17, 15) is 4.79 Å². The highest BCUT2D eigenvalue weighted by Crippen LogP contribution is 2.59. The van der Waals surface area contributed by atoms with E-state index < -0.39 is 0 Å². The lowest BCUT2D eigenvalue weighted by Gasteiger charge is -2.44. The molecule has 0 aromatic carbocycles. The molecule has 2 aliphatic rings. The zero-order chi connectivity index (χ0) is 13.2. The lowest BCUT2D eigenvalue weighted by molar-refractivity contribution is -0.108. The molecule has 2 fully saturated rings. The molecule has 0 amide bonds. The van der Waals surface area contributed by atoms with Gasteiger partial charge < -0.3 is 4.79 Å². The Labute approximate surface area is 120 Å². The zero-order valence-corrected chi connectivity index (χ0v) is 13.2. The first-order chi connectivity index (χ1) is 8.63. The van der Waals surface area contributed by atoms with Crippen LogP contribution in [0.3, 0.4) is 0 Å². The summed E-state index contributed by atoms with van der Waals surface area (Å²) in [7, 11) is 0. The van der Waals surface area contributed by atoms with E-state index in [0.717, 1.165) is 31.0 Å². The number of hydrogen-bond acceptors (Lipinski definition) is 1. The van der Waals surface area contributed by atoms with Crippen LogP contribution in [-0.2, 0) is 4.79 Å². The van der Waals surface area contributed by atoms with E-state index in [1.807, 2.05) is 0 Å². The van der Waals surface area contributed by atoms with Crippen LogP contribution in [0.15, 0.2) is 10.6 Å². The standard InChI is InChI=1S/C16H25BrO/c1-12(5-4-10-18)14-7-8-15-13(11-17)6-3-9-16(14,15)2/h10-12,14-15H,3-9H2,1-2H3/t12-,14-,15?,16-/m1/s1. The summed E-state index contributed by atoms with van der Waals surface area (Å²) in [4.78, 5) is 12.8. The molecular formula is C16H25BrO. The van der Waals surface area contributed by atoms with Crippen molar-refractivity contribution in [2.45, 2.75) is 58.8 Å². The van der Waals surface area contributed by atoms with E-state index in [2.05, 4.69) is 34.8 Å². The molecule has 0 heterocycles. The monoisotopic (exact) mass is 312 g/mol. The largest absolute Gasteiger partial charge is 0.303 e. The average molecular weight is 313 g/mol. The molecule has 102 valence electrons. The summed E-state index contributed by atoms with van der Waals surface area (Å²) in [5.41, 5.74) is 2.12. The molecule has 0 spiro atoms. The predicted octanol–water partition coefficient (Wildman–Crippen LogP) is 5.10. The Morgan fingerprint density at radius 1 is 1.50 bits per heavy atom. The van der Waals surface area contributed by atoms with Gasteiger partial charge in [-0.3, -0.25) is 0 Å². The third-order valence-electron chi connectivity index (χ3n) is 5.60. The van der Waals surface area contributed by atoms with E-state index in [1.165, 1.54) is 32.1 Å². The van der Waals surface area contributed by atoms with Crippen molar-refractivity contribution in [3.05, 3.63) is 10.6 Å². The molecule has 0 aromatic heterocycles. The summed E-state index contributed by atoms with van der Waals surface area (Å²) in [6.45, 7) is 4.86. The smallest absolute Gasteiger partial charge is 0.120 e. The molecule has 18 heavy (non-hydrogen) atoms. The van der Waals surface area contributed by atoms with Crippen molar-refractivity contribution in [1.29, 1.82) is 0 Å². The van der Waals surface area contributed by atoms with Gasteiger partial charge in [0.1, 0.15) is 6.29 Å². The minimum absolute atomic E-state index is 0.486. The molecule has 2 rings (SSSR count). The van der Waals surface area contributed by atoms with Crippen molar-refractivity contribution in [2.24, 2.45) is 23.2 Å². The van der Waals surface area contributed by atoms with Crippen LogP contribution in [0.2, 0.25) is 0 Å². The Morgan fingerprint density at radius 3 is 2.94 bits per heavy atom. The maximum atomic E-state index is 10.6. The first kappa shape index (κ1) is 14.3. The van der Waals surface area contributed by atoms with E-state index in [1.54, 1.807) is 5.57 Å². The van der Waals surface area contributed by atoms with Gasteiger partial charge in [-0.1, -0.05) is 35.4 Å². The van der Waals surface area contributed by atoms with Gasteiger partial charge in [-0.15, -0.1) is 0 Å². The summed E-state index contributed by atoms with van der Waals surface area (Å²) in [5, 5.41) is 0. The van der Waals surface area contributed by atoms with Crippen LogP contribution >= 0.6 is 15.9 Å². The van der Waals surface area contributed by atoms with Crippen molar-refractivity contribution in [3.8, 4) is 0 Å². The van der Waals surface area contributed by atoms with Gasteiger partial charge in [0, 0.05) is 6.42 Å². The fourth-order valence-corrected chi connectivity index (χ4v) is 5.23. The minimum Gasteiger partial charge on any atom is -0.303 e. The third-order valence-corrected chi connectivity index (χ3v) is 6.19. The highest BCUT2D eigenvalue weighted by atomic mass is 79.9. The first-order valence-electron chi connectivity index (χ1n) is 7.36. The molecule has 0 aromatic rings. The van der Waals surface area contributed by atoms with Crippen LogP contribution in [0, 0.1) is 23.2 Å². The van der Waals surface area contributed by atoms with E-state index in [4.69, 9.17) is 0 Å². The summed E-state index contributed by atoms with van der Waals surface area (Å²) in [6.07, 6.45) is 9.58. The summed E-state index contributed by atoms with van der Waals surface area (Å²) < 4.78 is 0. The summed E-state index contributed by atoms with van der Waals surface area (Å²) in [5.74, 6) is 2.29. The second-order valence-corrected chi connectivity index (χ2v) is 6.96. The number of carbonyl (C=O) groups is 1. The average Bonchev–Trinajstić information content (AvgIpc) is 2.72. The maximum Gasteiger partial charge on any atom is 0.120 e. The first-order valence-corrected chi connectivity index (χ1v) is 8.28. The molecule has 0 N–H and O–H groups in total. The fraction of sp³-hybridized carbons (Fsp3) is 0.812. The molecule has 2 heteroatoms. The second-order valence-electron chi connectivity index (χ2n) is 6.50. The molecule has 0 saturated heterocycles. The van der Waals surface area contributed by atoms with Crippen molar-refractivity contribution in [2.75, 3.05) is 0 Å². The highest BCUT2D eigenvalue weighted by molar-refractivity contribution is 9.11. The number of aldehydes is 1. The molecular weight excluding hydrogens is 288 g/mol. The highest BCUT2D eigenvalue weighted by Gasteiger charge is 2.50. The van der Waals surface area contributed by atoms with Crippen LogP contribution in [-0.4, -0.2) is 6.29 Å². The minimum atomic E-state index is 0.486. The molecule has 0 aliphatic heterocycles. The van der Waals surface area contributed by atoms with Crippen molar-refractivity contribution >= 4 is 22.2 Å². The van der Waals surface area contributed by atoms with Gasteiger partial charge in [0.15, 0.2) is 0 Å². The molecule has 2 saturated carbocycles. The maximum absolute atomic E-state index is 10.6. The van der Waals surface area contributed by atoms with E-state index in [-0.39, 0.29) is 0 Å². The van der Waals surface area contributed by atoms with Gasteiger partial charge in [-0.2, -0.15) is 0 Å². The van der Waals surface area contributed by atoms with Crippen LogP contribution in [0.5, 0.6) is 0 Å². The van der Waals surface area contributed by atoms with E-state index in [0.29, 0.717) is 11.3 Å². The van der Waals surface area contributed by atoms with Gasteiger partial charge in [0.05, 0.1) is 0 Å². The lowest BCUT2D eigenvalue weighted by Crippen LogP contribution is -2.35. The second kappa shape index (κ2) is 5.90. The zero-order valence-electron chi connectivity index (χ0n) is 11.6. The van der Waals surface area contributed by atoms with Crippen LogP contribution in [0.4, 0.5) is 0 Å². The number of allylic oxidation sites excluding steroid dienone is 1. The van der Waals surface area contributed by atoms with Gasteiger partial charge in [0.2, 0.25) is 0 Å². The summed E-state index contributed by atoms with van der Waals surface area (Å²) in [6, 6.07) is 0. The Morgan fingerprint density at radius 2 is 2.28 bits per heavy atom. The predicted molar refractivity (Wildman–Crippen MR) is 79.6 cm³/mol. The van der Waals surface area contributed by atoms with Crippen LogP contribution in [0.1, 0.15) is 58.8 Å². The SMILES string of the molecule is C[C@H](CCC=O)[C@H]1CCC2C(=CBr)CCC[C@@]21C. The van der Waals surface area contributed by atoms with Crippen molar-refractivity contribution in [1.82, 2.24) is 0 Å². The van der Waals surface area contributed by atoms with Crippen molar-refractivity contribution < 1.29 is 4.79 Å². The number of halogens is 1. The van der Waals surface area contributed by atoms with Crippen LogP contribution < -0.4 is 0 Å². The molecule has 0 bridgehead atoms. The molecule has 1 nitrogen and oxygen atoms in total. The Hall–Kier alpha value is -0.110. The topological polar surface area (TPSA) is 17.1 Å². The fourth-order valence-electron chi connectivity index (χ4n) is 4.68. The molecule has 4 atom stereocenters. The molecule has 0 radical (unpaired) electrons.